The lowest BCUT2D eigenvalue weighted by Crippen LogP contribution is -2.43. The third-order valence-electron chi connectivity index (χ3n) is 1.39. The van der Waals surface area contributed by atoms with Crippen molar-refractivity contribution >= 4 is 11.9 Å². The Kier molecular flexibility index (Phi) is 2.91. The highest BCUT2D eigenvalue weighted by molar-refractivity contribution is 5.69. The highest BCUT2D eigenvalue weighted by Crippen LogP contribution is 2.04. The summed E-state index contributed by atoms with van der Waals surface area (Å²) in [6.45, 7) is -1.22. The molecular weight excluding hydrogens is 186 g/mol. The van der Waals surface area contributed by atoms with Gasteiger partial charge in [0, 0.05) is 6.92 Å². The smallest absolute Gasteiger partial charge is 0.307 e. The van der Waals surface area contributed by atoms with Crippen molar-refractivity contribution in [2.24, 2.45) is 0 Å². The van der Waals surface area contributed by atoms with E-state index in [1.807, 2.05) is 0 Å². The number of hydrogen-bond acceptors (Lipinski definition) is 3. The van der Waals surface area contributed by atoms with Crippen molar-refractivity contribution in [2.45, 2.75) is 19.4 Å². The lowest BCUT2D eigenvalue weighted by Gasteiger charge is -2.28. The zero-order valence-corrected chi connectivity index (χ0v) is 8.61. The summed E-state index contributed by atoms with van der Waals surface area (Å²) in [6, 6.07) is 0. The Balaban J connectivity index is 4.73. The maximum Gasteiger partial charge on any atom is 0.307 e. The Morgan fingerprint density at radius 2 is 2.14 bits per heavy atom. The van der Waals surface area contributed by atoms with E-state index in [-0.39, 0.29) is 6.54 Å². The molecule has 0 spiro atoms. The van der Waals surface area contributed by atoms with Crippen LogP contribution in [0.25, 0.3) is 0 Å². The first-order valence-electron chi connectivity index (χ1n) is 5.68. The van der Waals surface area contributed by atoms with E-state index in [4.69, 9.17) is 14.0 Å². The number of esters is 1. The van der Waals surface area contributed by atoms with E-state index in [1.54, 1.807) is 0 Å². The number of quaternary nitrogens is 1. The van der Waals surface area contributed by atoms with E-state index in [0.29, 0.717) is 0 Å². The van der Waals surface area contributed by atoms with Gasteiger partial charge in [0.2, 0.25) is 0 Å². The molecule has 5 nitrogen and oxygen atoms in total. The van der Waals surface area contributed by atoms with Crippen LogP contribution in [0.4, 0.5) is 0 Å². The van der Waals surface area contributed by atoms with Crippen LogP contribution in [0.15, 0.2) is 0 Å². The molecule has 0 aliphatic heterocycles. The first kappa shape index (κ1) is 8.23. The van der Waals surface area contributed by atoms with Gasteiger partial charge in [-0.3, -0.25) is 9.59 Å². The summed E-state index contributed by atoms with van der Waals surface area (Å²) in [5.41, 5.74) is 0. The van der Waals surface area contributed by atoms with Gasteiger partial charge in [-0.2, -0.15) is 0 Å². The minimum absolute atomic E-state index is 0.0810. The number of ether oxygens (including phenoxy) is 1. The third-order valence-corrected chi connectivity index (χ3v) is 1.39. The van der Waals surface area contributed by atoms with Crippen LogP contribution in [-0.4, -0.2) is 55.2 Å². The fraction of sp³-hybridized carbons (Fsp3) is 0.778. The van der Waals surface area contributed by atoms with Gasteiger partial charge in [0.15, 0.2) is 6.10 Å². The predicted molar refractivity (Wildman–Crippen MR) is 50.7 cm³/mol. The minimum Gasteiger partial charge on any atom is -0.481 e. The minimum atomic E-state index is -2.29. The fourth-order valence-corrected chi connectivity index (χ4v) is 1.08. The molecular formula is C9H18NO4+. The quantitative estimate of drug-likeness (QED) is 0.513. The van der Waals surface area contributed by atoms with Crippen molar-refractivity contribution in [3.05, 3.63) is 0 Å². The summed E-state index contributed by atoms with van der Waals surface area (Å²) in [5.74, 6) is -1.76. The van der Waals surface area contributed by atoms with Crippen molar-refractivity contribution in [3.63, 3.8) is 0 Å². The maximum atomic E-state index is 10.8. The second kappa shape index (κ2) is 4.95. The van der Waals surface area contributed by atoms with Gasteiger partial charge in [-0.15, -0.1) is 0 Å². The average molecular weight is 207 g/mol. The second-order valence-corrected chi connectivity index (χ2v) is 3.70. The Morgan fingerprint density at radius 3 is 2.50 bits per heavy atom. The number of carboxylic acid groups (broad SMARTS) is 1. The molecule has 0 aliphatic carbocycles. The molecule has 5 heteroatoms. The van der Waals surface area contributed by atoms with Gasteiger partial charge in [0.25, 0.3) is 0 Å². The number of carboxylic acids is 1. The monoisotopic (exact) mass is 207 g/mol. The number of carbonyl (C=O) groups is 2. The van der Waals surface area contributed by atoms with Gasteiger partial charge in [-0.25, -0.2) is 0 Å². The Hall–Kier alpha value is -1.10. The van der Waals surface area contributed by atoms with Crippen molar-refractivity contribution in [1.82, 2.24) is 0 Å². The summed E-state index contributed by atoms with van der Waals surface area (Å²) in [6.07, 6.45) is -1.35. The molecule has 82 valence electrons. The van der Waals surface area contributed by atoms with Crippen molar-refractivity contribution in [1.29, 1.82) is 0 Å². The molecule has 1 N–H and O–H groups in total. The number of carbonyl (C=O) groups excluding carboxylic acids is 1. The van der Waals surface area contributed by atoms with Crippen molar-refractivity contribution < 1.29 is 28.0 Å². The van der Waals surface area contributed by atoms with E-state index in [2.05, 4.69) is 0 Å². The van der Waals surface area contributed by atoms with Gasteiger partial charge in [0.1, 0.15) is 6.54 Å². The van der Waals surface area contributed by atoms with Crippen LogP contribution in [0, 0.1) is 0 Å². The molecule has 0 saturated heterocycles. The van der Waals surface area contributed by atoms with Crippen molar-refractivity contribution in [3.8, 4) is 0 Å². The van der Waals surface area contributed by atoms with E-state index < -0.39 is 35.9 Å². The number of likely N-dealkylation sites (N-methyl/N-ethyl adjacent to an activating group) is 1. The summed E-state index contributed by atoms with van der Waals surface area (Å²) >= 11 is 0. The van der Waals surface area contributed by atoms with Gasteiger partial charge in [-0.05, 0) is 0 Å². The Morgan fingerprint density at radius 1 is 1.57 bits per heavy atom. The van der Waals surface area contributed by atoms with Crippen molar-refractivity contribution in [2.75, 3.05) is 27.6 Å². The molecule has 0 aromatic carbocycles. The molecule has 0 fully saturated rings. The normalized spacial score (nSPS) is 17.5. The lowest BCUT2D eigenvalue weighted by atomic mass is 10.2. The molecule has 0 aromatic rings. The number of aliphatic carboxylic acids is 1. The number of nitrogens with zero attached hydrogens (tertiary/aromatic N) is 1. The summed E-state index contributed by atoms with van der Waals surface area (Å²) in [7, 11) is 2.87. The van der Waals surface area contributed by atoms with Crippen LogP contribution >= 0.6 is 0 Å². The van der Waals surface area contributed by atoms with Crippen LogP contribution in [0.3, 0.4) is 0 Å². The van der Waals surface area contributed by atoms with E-state index in [1.165, 1.54) is 14.1 Å². The maximum absolute atomic E-state index is 10.8. The van der Waals surface area contributed by atoms with Crippen LogP contribution in [0.1, 0.15) is 17.5 Å². The average Bonchev–Trinajstić information content (AvgIpc) is 1.96. The van der Waals surface area contributed by atoms with Gasteiger partial charge < -0.3 is 14.3 Å². The first-order valence-corrected chi connectivity index (χ1v) is 4.18. The van der Waals surface area contributed by atoms with Crippen LogP contribution in [0.5, 0.6) is 0 Å². The van der Waals surface area contributed by atoms with Crippen LogP contribution < -0.4 is 0 Å². The Labute approximate surface area is 88.1 Å². The van der Waals surface area contributed by atoms with Gasteiger partial charge in [0.05, 0.1) is 31.6 Å². The summed E-state index contributed by atoms with van der Waals surface area (Å²) in [5, 5.41) is 8.66. The SMILES string of the molecule is [2H]C([2H])([2H])[N+](C)(C)C[C@@H](CC(=O)O)OC(C)=O. The van der Waals surface area contributed by atoms with E-state index in [9.17, 15) is 9.59 Å². The van der Waals surface area contributed by atoms with E-state index in [0.717, 1.165) is 6.92 Å². The molecule has 0 bridgehead atoms. The topological polar surface area (TPSA) is 63.6 Å². The summed E-state index contributed by atoms with van der Waals surface area (Å²) in [4.78, 5) is 21.4. The third kappa shape index (κ3) is 7.54. The lowest BCUT2D eigenvalue weighted by molar-refractivity contribution is -0.873. The molecule has 0 rings (SSSR count). The highest BCUT2D eigenvalue weighted by Gasteiger charge is 2.23. The second-order valence-electron chi connectivity index (χ2n) is 3.70. The zero-order valence-electron chi connectivity index (χ0n) is 11.6. The molecule has 0 saturated carbocycles. The fourth-order valence-electron chi connectivity index (χ4n) is 1.08. The summed E-state index contributed by atoms with van der Waals surface area (Å²) < 4.78 is 26.3. The molecule has 1 atom stereocenters. The highest BCUT2D eigenvalue weighted by atomic mass is 16.5. The molecule has 0 aliphatic rings. The molecule has 0 unspecified atom stereocenters. The van der Waals surface area contributed by atoms with Gasteiger partial charge >= 0.3 is 11.9 Å². The number of hydrogen-bond donors (Lipinski definition) is 1. The van der Waals surface area contributed by atoms with Crippen LogP contribution in [0.2, 0.25) is 0 Å². The predicted octanol–water partition coefficient (Wildman–Crippen LogP) is 0.0990. The molecule has 0 amide bonds. The first-order chi connectivity index (χ1) is 7.45. The van der Waals surface area contributed by atoms with E-state index >= 15 is 0 Å². The van der Waals surface area contributed by atoms with Gasteiger partial charge in [-0.1, -0.05) is 0 Å². The Bertz CT molecular complexity index is 285. The molecule has 0 heterocycles. The van der Waals surface area contributed by atoms with Crippen LogP contribution in [-0.2, 0) is 14.3 Å². The molecule has 0 aromatic heterocycles. The largest absolute Gasteiger partial charge is 0.481 e. The molecule has 14 heavy (non-hydrogen) atoms. The standard InChI is InChI=1S/C9H17NO4/c1-7(11)14-8(5-9(12)13)6-10(2,3)4/h8H,5-6H2,1-4H3/p+1/t8-/m1/s1/i2D3. The zero-order chi connectivity index (χ0) is 13.9. The molecule has 0 radical (unpaired) electrons. The number of rotatable bonds is 5.